The van der Waals surface area contributed by atoms with Crippen LogP contribution < -0.4 is 0 Å². The summed E-state index contributed by atoms with van der Waals surface area (Å²) in [5, 5.41) is 0.742. The highest BCUT2D eigenvalue weighted by Crippen LogP contribution is 2.42. The smallest absolute Gasteiger partial charge is 0.173 e. The lowest BCUT2D eigenvalue weighted by Gasteiger charge is -2.15. The molecule has 2 nitrogen and oxygen atoms in total. The number of ketones is 1. The van der Waals surface area contributed by atoms with Crippen molar-refractivity contribution in [2.24, 2.45) is 0 Å². The molecule has 3 aromatic rings. The third-order valence-corrected chi connectivity index (χ3v) is 6.02. The van der Waals surface area contributed by atoms with Gasteiger partial charge in [-0.25, -0.2) is 0 Å². The molecule has 1 atom stereocenters. The van der Waals surface area contributed by atoms with Gasteiger partial charge in [0.25, 0.3) is 0 Å². The Morgan fingerprint density at radius 3 is 2.58 bits per heavy atom. The average molecular weight is 354 g/mol. The molecule has 1 aromatic carbocycles. The van der Waals surface area contributed by atoms with Crippen molar-refractivity contribution in [2.45, 2.75) is 25.2 Å². The van der Waals surface area contributed by atoms with Crippen molar-refractivity contribution in [1.82, 2.24) is 4.98 Å². The Bertz CT molecular complexity index is 870. The second-order valence-corrected chi connectivity index (χ2v) is 7.54. The second kappa shape index (κ2) is 6.50. The minimum absolute atomic E-state index is 0.260. The fourth-order valence-corrected chi connectivity index (χ4v) is 4.64. The Morgan fingerprint density at radius 1 is 1.08 bits per heavy atom. The first-order valence-electron chi connectivity index (χ1n) is 8.05. The summed E-state index contributed by atoms with van der Waals surface area (Å²) in [6.45, 7) is 0. The minimum atomic E-state index is 0.260. The third kappa shape index (κ3) is 2.90. The first-order chi connectivity index (χ1) is 11.7. The predicted octanol–water partition coefficient (Wildman–Crippen LogP) is 5.96. The van der Waals surface area contributed by atoms with Gasteiger partial charge in [-0.1, -0.05) is 23.7 Å². The van der Waals surface area contributed by atoms with Crippen LogP contribution in [-0.2, 0) is 0 Å². The number of hydrogen-bond acceptors (Lipinski definition) is 3. The predicted molar refractivity (Wildman–Crippen MR) is 99.0 cm³/mol. The molecular weight excluding hydrogens is 338 g/mol. The zero-order chi connectivity index (χ0) is 16.5. The molecule has 2 heterocycles. The van der Waals surface area contributed by atoms with Gasteiger partial charge in [0.2, 0.25) is 0 Å². The zero-order valence-corrected chi connectivity index (χ0v) is 14.6. The number of fused-ring (bicyclic) bond motifs is 1. The highest BCUT2D eigenvalue weighted by atomic mass is 35.5. The topological polar surface area (TPSA) is 30.0 Å². The van der Waals surface area contributed by atoms with Gasteiger partial charge in [0.15, 0.2) is 5.78 Å². The summed E-state index contributed by atoms with van der Waals surface area (Å²) in [5.74, 6) is 0.530. The SMILES string of the molecule is O=C1CCCC(c2ccc(Cl)cc2)c2cc(-c3ccncc3)sc21. The van der Waals surface area contributed by atoms with Crippen molar-refractivity contribution < 1.29 is 4.79 Å². The number of thiophene rings is 1. The highest BCUT2D eigenvalue weighted by molar-refractivity contribution is 7.17. The zero-order valence-electron chi connectivity index (χ0n) is 13.0. The van der Waals surface area contributed by atoms with Crippen LogP contribution in [0.1, 0.15) is 46.0 Å². The molecule has 0 spiro atoms. The van der Waals surface area contributed by atoms with Gasteiger partial charge in [0, 0.05) is 34.6 Å². The van der Waals surface area contributed by atoms with Crippen LogP contribution >= 0.6 is 22.9 Å². The molecule has 1 unspecified atom stereocenters. The molecule has 2 aromatic heterocycles. The first kappa shape index (κ1) is 15.6. The summed E-state index contributed by atoms with van der Waals surface area (Å²) in [4.78, 5) is 18.7. The largest absolute Gasteiger partial charge is 0.293 e. The van der Waals surface area contributed by atoms with Gasteiger partial charge in [0.05, 0.1) is 4.88 Å². The molecule has 0 saturated carbocycles. The van der Waals surface area contributed by atoms with E-state index in [0.717, 1.165) is 38.7 Å². The van der Waals surface area contributed by atoms with Crippen LogP contribution in [0, 0.1) is 0 Å². The van der Waals surface area contributed by atoms with Crippen LogP contribution in [0.4, 0.5) is 0 Å². The van der Waals surface area contributed by atoms with E-state index in [-0.39, 0.29) is 11.7 Å². The number of nitrogens with zero attached hydrogens (tertiary/aromatic N) is 1. The summed E-state index contributed by atoms with van der Waals surface area (Å²) >= 11 is 7.64. The summed E-state index contributed by atoms with van der Waals surface area (Å²) in [6.07, 6.45) is 6.13. The molecule has 0 fully saturated rings. The Balaban J connectivity index is 1.82. The highest BCUT2D eigenvalue weighted by Gasteiger charge is 2.27. The van der Waals surface area contributed by atoms with Crippen LogP contribution in [0.25, 0.3) is 10.4 Å². The molecule has 0 bridgehead atoms. The summed E-state index contributed by atoms with van der Waals surface area (Å²) in [6, 6.07) is 14.2. The van der Waals surface area contributed by atoms with Gasteiger partial charge in [-0.15, -0.1) is 11.3 Å². The number of carbonyl (C=O) groups excluding carboxylic acids is 1. The normalized spacial score (nSPS) is 17.4. The van der Waals surface area contributed by atoms with Crippen LogP contribution in [-0.4, -0.2) is 10.8 Å². The van der Waals surface area contributed by atoms with Crippen LogP contribution in [0.3, 0.4) is 0 Å². The fourth-order valence-electron chi connectivity index (χ4n) is 3.32. The number of halogens is 1. The van der Waals surface area contributed by atoms with Crippen molar-refractivity contribution in [2.75, 3.05) is 0 Å². The Hall–Kier alpha value is -1.97. The number of hydrogen-bond donors (Lipinski definition) is 0. The molecule has 24 heavy (non-hydrogen) atoms. The van der Waals surface area contributed by atoms with E-state index >= 15 is 0 Å². The van der Waals surface area contributed by atoms with Crippen molar-refractivity contribution in [3.63, 3.8) is 0 Å². The number of rotatable bonds is 2. The lowest BCUT2D eigenvalue weighted by atomic mass is 9.89. The van der Waals surface area contributed by atoms with E-state index in [1.807, 2.05) is 24.3 Å². The van der Waals surface area contributed by atoms with Gasteiger partial charge >= 0.3 is 0 Å². The Kier molecular flexibility index (Phi) is 4.21. The number of pyridine rings is 1. The molecule has 0 radical (unpaired) electrons. The van der Waals surface area contributed by atoms with E-state index in [1.165, 1.54) is 5.56 Å². The van der Waals surface area contributed by atoms with Gasteiger partial charge in [0.1, 0.15) is 0 Å². The number of Topliss-reactive ketones (excluding diaryl/α,β-unsaturated/α-hetero) is 1. The molecule has 4 heteroatoms. The van der Waals surface area contributed by atoms with Gasteiger partial charge in [-0.05, 0) is 59.9 Å². The third-order valence-electron chi connectivity index (χ3n) is 4.52. The molecule has 1 aliphatic rings. The molecule has 0 saturated heterocycles. The van der Waals surface area contributed by atoms with Gasteiger partial charge in [-0.2, -0.15) is 0 Å². The van der Waals surface area contributed by atoms with Crippen molar-refractivity contribution in [3.05, 3.63) is 75.9 Å². The molecule has 1 aliphatic carbocycles. The Labute approximate surface area is 150 Å². The maximum atomic E-state index is 12.6. The number of benzene rings is 1. The molecule has 0 N–H and O–H groups in total. The first-order valence-corrected chi connectivity index (χ1v) is 9.24. The van der Waals surface area contributed by atoms with E-state index in [2.05, 4.69) is 23.2 Å². The summed E-state index contributed by atoms with van der Waals surface area (Å²) < 4.78 is 0. The number of aromatic nitrogens is 1. The molecular formula is C20H16ClNOS. The molecule has 120 valence electrons. The quantitative estimate of drug-likeness (QED) is 0.532. The van der Waals surface area contributed by atoms with E-state index in [1.54, 1.807) is 23.7 Å². The number of carbonyl (C=O) groups is 1. The Morgan fingerprint density at radius 2 is 1.83 bits per heavy atom. The molecule has 4 rings (SSSR count). The van der Waals surface area contributed by atoms with E-state index < -0.39 is 0 Å². The van der Waals surface area contributed by atoms with Crippen molar-refractivity contribution in [3.8, 4) is 10.4 Å². The molecule has 0 aliphatic heterocycles. The maximum Gasteiger partial charge on any atom is 0.173 e. The monoisotopic (exact) mass is 353 g/mol. The van der Waals surface area contributed by atoms with Crippen molar-refractivity contribution >= 4 is 28.7 Å². The van der Waals surface area contributed by atoms with E-state index in [0.29, 0.717) is 6.42 Å². The average Bonchev–Trinajstić information content (AvgIpc) is 2.99. The lowest BCUT2D eigenvalue weighted by Crippen LogP contribution is -2.01. The van der Waals surface area contributed by atoms with E-state index in [9.17, 15) is 4.79 Å². The summed E-state index contributed by atoms with van der Waals surface area (Å²) in [5.41, 5.74) is 3.51. The maximum absolute atomic E-state index is 12.6. The minimum Gasteiger partial charge on any atom is -0.293 e. The van der Waals surface area contributed by atoms with Crippen LogP contribution in [0.2, 0.25) is 5.02 Å². The summed E-state index contributed by atoms with van der Waals surface area (Å²) in [7, 11) is 0. The lowest BCUT2D eigenvalue weighted by molar-refractivity contribution is 0.0986. The molecule has 0 amide bonds. The van der Waals surface area contributed by atoms with E-state index in [4.69, 9.17) is 11.6 Å². The second-order valence-electron chi connectivity index (χ2n) is 6.05. The fraction of sp³-hybridized carbons (Fsp3) is 0.200. The van der Waals surface area contributed by atoms with Crippen LogP contribution in [0.5, 0.6) is 0 Å². The van der Waals surface area contributed by atoms with Gasteiger partial charge in [-0.3, -0.25) is 9.78 Å². The van der Waals surface area contributed by atoms with Crippen LogP contribution in [0.15, 0.2) is 54.9 Å². The standard InChI is InChI=1S/C20H16ClNOS/c21-15-6-4-13(5-7-15)16-2-1-3-18(23)20-17(16)12-19(24-20)14-8-10-22-11-9-14/h4-12,16H,1-3H2. The van der Waals surface area contributed by atoms with Crippen molar-refractivity contribution in [1.29, 1.82) is 0 Å². The van der Waals surface area contributed by atoms with Gasteiger partial charge < -0.3 is 0 Å².